The van der Waals surface area contributed by atoms with E-state index >= 15 is 0 Å². The van der Waals surface area contributed by atoms with Gasteiger partial charge in [0, 0.05) is 16.2 Å². The summed E-state index contributed by atoms with van der Waals surface area (Å²) >= 11 is 8.62. The lowest BCUT2D eigenvalue weighted by molar-refractivity contribution is 0.0973. The summed E-state index contributed by atoms with van der Waals surface area (Å²) < 4.78 is 39.1. The number of thiocarbonyl (C=S) groups is 1. The van der Waals surface area contributed by atoms with Gasteiger partial charge in [0.1, 0.15) is 17.9 Å². The van der Waals surface area contributed by atoms with Crippen molar-refractivity contribution in [3.05, 3.63) is 64.9 Å². The predicted octanol–water partition coefficient (Wildman–Crippen LogP) is 4.35. The summed E-state index contributed by atoms with van der Waals surface area (Å²) in [5, 5.41) is 5.52. The number of carbonyl (C=O) groups is 1. The molecule has 13 heteroatoms. The molecule has 3 aromatic rings. The number of aromatic nitrogens is 2. The van der Waals surface area contributed by atoms with Gasteiger partial charge in [0.15, 0.2) is 5.11 Å². The van der Waals surface area contributed by atoms with Crippen molar-refractivity contribution in [2.24, 2.45) is 0 Å². The Morgan fingerprint density at radius 2 is 1.86 bits per heavy atom. The Bertz CT molecular complexity index is 1340. The number of amides is 1. The minimum atomic E-state index is -3.90. The number of hydrogen-bond donors (Lipinski definition) is 3. The molecule has 0 unspecified atom stereocenters. The summed E-state index contributed by atoms with van der Waals surface area (Å²) in [5.41, 5.74) is 0.815. The van der Waals surface area contributed by atoms with Gasteiger partial charge in [-0.25, -0.2) is 18.4 Å². The number of unbranched alkanes of at least 4 members (excludes halogenated alkanes) is 1. The lowest BCUT2D eigenvalue weighted by Gasteiger charge is -2.14. The van der Waals surface area contributed by atoms with Crippen LogP contribution in [0, 0.1) is 0 Å². The second-order valence-electron chi connectivity index (χ2n) is 7.33. The molecular weight excluding hydrogens is 570 g/mol. The fraction of sp³-hybridized carbons (Fsp3) is 0.217. The molecule has 0 aliphatic heterocycles. The van der Waals surface area contributed by atoms with Gasteiger partial charge in [-0.2, -0.15) is 0 Å². The van der Waals surface area contributed by atoms with Gasteiger partial charge in [-0.15, -0.1) is 0 Å². The van der Waals surface area contributed by atoms with Gasteiger partial charge < -0.3 is 14.8 Å². The minimum Gasteiger partial charge on any atom is -0.493 e. The lowest BCUT2D eigenvalue weighted by atomic mass is 10.2. The van der Waals surface area contributed by atoms with E-state index in [0.717, 1.165) is 17.3 Å². The topological polar surface area (TPSA) is 132 Å². The van der Waals surface area contributed by atoms with Crippen LogP contribution in [0.1, 0.15) is 30.1 Å². The Kier molecular flexibility index (Phi) is 9.56. The maximum Gasteiger partial charge on any atom is 0.263 e. The standard InChI is InChI=1S/C23H24BrN5O5S2/c1-3-4-11-34-19-10-5-15(24)12-18(19)22(30)28-23(35)27-16-6-8-17(9-7-16)36(31,32)29-20-13-21(33-2)26-14-25-20/h5-10,12-14H,3-4,11H2,1-2H3,(H,25,26,29)(H2,27,28,30,35). The van der Waals surface area contributed by atoms with E-state index in [2.05, 4.69) is 48.2 Å². The van der Waals surface area contributed by atoms with Crippen molar-refractivity contribution in [2.75, 3.05) is 23.8 Å². The van der Waals surface area contributed by atoms with Gasteiger partial charge >= 0.3 is 0 Å². The zero-order valence-electron chi connectivity index (χ0n) is 19.4. The van der Waals surface area contributed by atoms with E-state index in [1.807, 2.05) is 0 Å². The van der Waals surface area contributed by atoms with Gasteiger partial charge in [-0.05, 0) is 61.1 Å². The van der Waals surface area contributed by atoms with Crippen molar-refractivity contribution < 1.29 is 22.7 Å². The van der Waals surface area contributed by atoms with Crippen molar-refractivity contribution >= 4 is 60.7 Å². The average molecular weight is 595 g/mol. The lowest BCUT2D eigenvalue weighted by Crippen LogP contribution is -2.34. The molecule has 190 valence electrons. The first-order valence-electron chi connectivity index (χ1n) is 10.8. The summed E-state index contributed by atoms with van der Waals surface area (Å²) in [5.74, 6) is 0.304. The molecule has 0 spiro atoms. The third kappa shape index (κ3) is 7.60. The fourth-order valence-corrected chi connectivity index (χ4v) is 4.46. The van der Waals surface area contributed by atoms with E-state index < -0.39 is 15.9 Å². The highest BCUT2D eigenvalue weighted by Crippen LogP contribution is 2.24. The third-order valence-electron chi connectivity index (χ3n) is 4.68. The maximum atomic E-state index is 12.8. The van der Waals surface area contributed by atoms with E-state index in [0.29, 0.717) is 23.6 Å². The minimum absolute atomic E-state index is 0.00332. The number of nitrogens with zero attached hydrogens (tertiary/aromatic N) is 2. The van der Waals surface area contributed by atoms with Crippen molar-refractivity contribution in [1.29, 1.82) is 0 Å². The highest BCUT2D eigenvalue weighted by atomic mass is 79.9. The van der Waals surface area contributed by atoms with Gasteiger partial charge in [-0.3, -0.25) is 14.8 Å². The molecule has 1 aromatic heterocycles. The Labute approximate surface area is 223 Å². The number of rotatable bonds is 10. The molecule has 0 fully saturated rings. The number of methoxy groups -OCH3 is 1. The van der Waals surface area contributed by atoms with Crippen LogP contribution in [0.15, 0.2) is 64.2 Å². The van der Waals surface area contributed by atoms with Gasteiger partial charge in [0.2, 0.25) is 5.88 Å². The first kappa shape index (κ1) is 27.3. The third-order valence-corrected chi connectivity index (χ3v) is 6.75. The fourth-order valence-electron chi connectivity index (χ4n) is 2.89. The largest absolute Gasteiger partial charge is 0.493 e. The van der Waals surface area contributed by atoms with Crippen LogP contribution in [0.25, 0.3) is 0 Å². The first-order chi connectivity index (χ1) is 17.2. The Morgan fingerprint density at radius 3 is 2.56 bits per heavy atom. The Balaban J connectivity index is 1.64. The summed E-state index contributed by atoms with van der Waals surface area (Å²) in [7, 11) is -2.49. The number of ether oxygens (including phenoxy) is 2. The first-order valence-corrected chi connectivity index (χ1v) is 13.4. The quantitative estimate of drug-likeness (QED) is 0.232. The summed E-state index contributed by atoms with van der Waals surface area (Å²) in [4.78, 5) is 20.5. The number of benzene rings is 2. The van der Waals surface area contributed by atoms with Crippen molar-refractivity contribution in [3.8, 4) is 11.6 Å². The molecule has 3 rings (SSSR count). The number of sulfonamides is 1. The van der Waals surface area contributed by atoms with Gasteiger partial charge in [0.05, 0.1) is 24.2 Å². The highest BCUT2D eigenvalue weighted by Gasteiger charge is 2.17. The molecule has 0 saturated heterocycles. The second kappa shape index (κ2) is 12.6. The second-order valence-corrected chi connectivity index (χ2v) is 10.3. The molecule has 36 heavy (non-hydrogen) atoms. The molecule has 1 heterocycles. The van der Waals surface area contributed by atoms with Gasteiger partial charge in [0.25, 0.3) is 15.9 Å². The molecular formula is C23H24BrN5O5S2. The van der Waals surface area contributed by atoms with Crippen LogP contribution in [-0.2, 0) is 10.0 Å². The van der Waals surface area contributed by atoms with Crippen LogP contribution in [0.5, 0.6) is 11.6 Å². The van der Waals surface area contributed by atoms with Crippen LogP contribution in [-0.4, -0.2) is 43.1 Å². The van der Waals surface area contributed by atoms with E-state index in [-0.39, 0.29) is 21.7 Å². The van der Waals surface area contributed by atoms with Crippen LogP contribution in [0.2, 0.25) is 0 Å². The number of hydrogen-bond acceptors (Lipinski definition) is 8. The molecule has 0 radical (unpaired) electrons. The van der Waals surface area contributed by atoms with E-state index in [9.17, 15) is 13.2 Å². The highest BCUT2D eigenvalue weighted by molar-refractivity contribution is 9.10. The Hall–Kier alpha value is -3.29. The molecule has 0 saturated carbocycles. The molecule has 0 bridgehead atoms. The van der Waals surface area contributed by atoms with Crippen molar-refractivity contribution in [3.63, 3.8) is 0 Å². The van der Waals surface area contributed by atoms with Crippen molar-refractivity contribution in [2.45, 2.75) is 24.7 Å². The monoisotopic (exact) mass is 593 g/mol. The number of nitrogens with one attached hydrogen (secondary N) is 3. The molecule has 1 amide bonds. The van der Waals surface area contributed by atoms with Crippen molar-refractivity contribution in [1.82, 2.24) is 15.3 Å². The zero-order valence-corrected chi connectivity index (χ0v) is 22.7. The zero-order chi connectivity index (χ0) is 26.1. The number of anilines is 2. The van der Waals surface area contributed by atoms with E-state index in [1.165, 1.54) is 43.8 Å². The van der Waals surface area contributed by atoms with Crippen LogP contribution in [0.4, 0.5) is 11.5 Å². The molecule has 0 aliphatic carbocycles. The van der Waals surface area contributed by atoms with Crippen LogP contribution in [0.3, 0.4) is 0 Å². The number of carbonyl (C=O) groups excluding carboxylic acids is 1. The summed E-state index contributed by atoms with van der Waals surface area (Å²) in [6, 6.07) is 12.3. The van der Waals surface area contributed by atoms with E-state index in [1.54, 1.807) is 18.2 Å². The normalized spacial score (nSPS) is 10.9. The SMILES string of the molecule is CCCCOc1ccc(Br)cc1C(=O)NC(=S)Nc1ccc(S(=O)(=O)Nc2cc(OC)ncn2)cc1. The predicted molar refractivity (Wildman–Crippen MR) is 144 cm³/mol. The molecule has 10 nitrogen and oxygen atoms in total. The smallest absolute Gasteiger partial charge is 0.263 e. The van der Waals surface area contributed by atoms with Gasteiger partial charge in [-0.1, -0.05) is 29.3 Å². The van der Waals surface area contributed by atoms with E-state index in [4.69, 9.17) is 21.7 Å². The molecule has 2 aromatic carbocycles. The summed E-state index contributed by atoms with van der Waals surface area (Å²) in [6.45, 7) is 2.55. The summed E-state index contributed by atoms with van der Waals surface area (Å²) in [6.07, 6.45) is 3.02. The molecule has 0 aliphatic rings. The van der Waals surface area contributed by atoms with Crippen LogP contribution < -0.4 is 24.8 Å². The average Bonchev–Trinajstić information content (AvgIpc) is 2.85. The Morgan fingerprint density at radius 1 is 1.11 bits per heavy atom. The molecule has 0 atom stereocenters. The van der Waals surface area contributed by atoms with Crippen LogP contribution >= 0.6 is 28.1 Å². The maximum absolute atomic E-state index is 12.8. The molecule has 3 N–H and O–H groups in total. The number of halogens is 1.